The number of thiol groups is 1. The fraction of sp³-hybridized carbons (Fsp3) is 0.647. The van der Waals surface area contributed by atoms with Gasteiger partial charge in [-0.2, -0.15) is 0 Å². The van der Waals surface area contributed by atoms with Crippen LogP contribution in [0.1, 0.15) is 77.3 Å². The summed E-state index contributed by atoms with van der Waals surface area (Å²) in [5, 5.41) is 5.47. The van der Waals surface area contributed by atoms with Gasteiger partial charge in [0.2, 0.25) is 17.7 Å². The number of alkyl carbamates (subject to hydrolysis) is 1. The SMILES string of the molecule is CCOC(S)[C@@]12C[C@H]1/C=C\CCC(F)(F)CC[C@H](NC(=O)OC(C)(C)C)C(=O)N1C[C@H](OC(=O)N3Cc4cccc(F)c4C3)C[C@H]1C(=O)N2. The normalized spacial score (nSPS) is 29.7. The molecular formula is C34H45F3N4O7S. The van der Waals surface area contributed by atoms with Gasteiger partial charge >= 0.3 is 12.2 Å². The van der Waals surface area contributed by atoms with Crippen LogP contribution in [0.4, 0.5) is 22.8 Å². The van der Waals surface area contributed by atoms with Gasteiger partial charge in [-0.3, -0.25) is 14.5 Å². The topological polar surface area (TPSA) is 127 Å². The maximum Gasteiger partial charge on any atom is 0.410 e. The molecule has 2 fully saturated rings. The fourth-order valence-corrected chi connectivity index (χ4v) is 7.21. The number of hydrogen-bond donors (Lipinski definition) is 3. The van der Waals surface area contributed by atoms with Crippen LogP contribution in [0, 0.1) is 11.7 Å². The lowest BCUT2D eigenvalue weighted by molar-refractivity contribution is -0.141. The molecule has 270 valence electrons. The lowest BCUT2D eigenvalue weighted by atomic mass is 10.0. The average Bonchev–Trinajstić information content (AvgIpc) is 3.32. The fourth-order valence-electron chi connectivity index (χ4n) is 6.70. The number of ether oxygens (including phenoxy) is 3. The van der Waals surface area contributed by atoms with Gasteiger partial charge in [-0.05, 0) is 58.6 Å². The Morgan fingerprint density at radius 2 is 1.94 bits per heavy atom. The predicted molar refractivity (Wildman–Crippen MR) is 175 cm³/mol. The van der Waals surface area contributed by atoms with Crippen LogP contribution < -0.4 is 10.6 Å². The Morgan fingerprint density at radius 3 is 2.63 bits per heavy atom. The lowest BCUT2D eigenvalue weighted by Gasteiger charge is -2.32. The molecule has 6 atom stereocenters. The van der Waals surface area contributed by atoms with Crippen LogP contribution in [-0.2, 0) is 36.9 Å². The smallest absolute Gasteiger partial charge is 0.410 e. The van der Waals surface area contributed by atoms with Crippen LogP contribution in [0.15, 0.2) is 30.4 Å². The van der Waals surface area contributed by atoms with Crippen molar-refractivity contribution in [1.82, 2.24) is 20.4 Å². The summed E-state index contributed by atoms with van der Waals surface area (Å²) in [7, 11) is 0. The molecule has 0 bridgehead atoms. The van der Waals surface area contributed by atoms with Crippen LogP contribution in [-0.4, -0.2) is 87.6 Å². The highest BCUT2D eigenvalue weighted by molar-refractivity contribution is 7.80. The second-order valence-electron chi connectivity index (χ2n) is 14.2. The van der Waals surface area contributed by atoms with Gasteiger partial charge in [0.15, 0.2) is 0 Å². The number of amides is 4. The van der Waals surface area contributed by atoms with Crippen LogP contribution in [0.5, 0.6) is 0 Å². The van der Waals surface area contributed by atoms with E-state index in [4.69, 9.17) is 14.2 Å². The third-order valence-electron chi connectivity index (χ3n) is 9.31. The van der Waals surface area contributed by atoms with Crippen LogP contribution in [0.3, 0.4) is 0 Å². The summed E-state index contributed by atoms with van der Waals surface area (Å²) in [4.78, 5) is 56.8. The molecule has 1 aromatic rings. The molecule has 5 rings (SSSR count). The summed E-state index contributed by atoms with van der Waals surface area (Å²) in [5.41, 5.74) is -1.60. The van der Waals surface area contributed by atoms with Crippen molar-refractivity contribution in [1.29, 1.82) is 0 Å². The van der Waals surface area contributed by atoms with E-state index in [2.05, 4.69) is 23.3 Å². The average molecular weight is 711 g/mol. The zero-order valence-corrected chi connectivity index (χ0v) is 29.1. The van der Waals surface area contributed by atoms with Crippen molar-refractivity contribution >= 4 is 36.6 Å². The zero-order chi connectivity index (χ0) is 35.7. The number of nitrogens with one attached hydrogen (secondary N) is 2. The molecule has 1 aliphatic carbocycles. The first-order valence-corrected chi connectivity index (χ1v) is 17.2. The predicted octanol–water partition coefficient (Wildman–Crippen LogP) is 5.07. The highest BCUT2D eigenvalue weighted by atomic mass is 32.1. The van der Waals surface area contributed by atoms with Gasteiger partial charge in [-0.1, -0.05) is 24.3 Å². The number of alkyl halides is 2. The van der Waals surface area contributed by atoms with Gasteiger partial charge in [0, 0.05) is 43.9 Å². The maximum absolute atomic E-state index is 15.1. The Kier molecular flexibility index (Phi) is 10.8. The van der Waals surface area contributed by atoms with Crippen molar-refractivity contribution in [3.05, 3.63) is 47.3 Å². The lowest BCUT2D eigenvalue weighted by Crippen LogP contribution is -2.57. The highest BCUT2D eigenvalue weighted by Gasteiger charge is 2.60. The molecule has 1 saturated carbocycles. The van der Waals surface area contributed by atoms with E-state index in [1.165, 1.54) is 15.9 Å². The van der Waals surface area contributed by atoms with Gasteiger partial charge in [0.25, 0.3) is 0 Å². The maximum atomic E-state index is 15.1. The van der Waals surface area contributed by atoms with E-state index in [1.807, 2.05) is 0 Å². The molecular weight excluding hydrogens is 665 g/mol. The van der Waals surface area contributed by atoms with Gasteiger partial charge in [-0.15, -0.1) is 12.6 Å². The second kappa shape index (κ2) is 14.4. The standard InChI is InChI=1S/C34H45F3N4O7S/c1-5-46-29(49)34-16-21(34)10-6-7-13-33(36,37)14-12-25(38-30(44)48-32(2,3)4)28(43)41-18-22(15-26(41)27(42)39-34)47-31(45)40-17-20-9-8-11-24(35)23(20)19-40/h6,8-11,21-22,25-26,29,49H,5,7,12-19H2,1-4H3,(H,38,44)(H,39,42)/b10-6-/t21-,22-,25+,26+,29?,34-/m1/s1. The summed E-state index contributed by atoms with van der Waals surface area (Å²) < 4.78 is 61.4. The Morgan fingerprint density at radius 1 is 1.18 bits per heavy atom. The molecule has 49 heavy (non-hydrogen) atoms. The number of hydrogen-bond acceptors (Lipinski definition) is 8. The number of halogens is 3. The quantitative estimate of drug-likeness (QED) is 0.221. The molecule has 4 aliphatic rings. The Hall–Kier alpha value is -3.46. The number of carbonyl (C=O) groups excluding carboxylic acids is 4. The Labute approximate surface area is 289 Å². The van der Waals surface area contributed by atoms with E-state index in [0.717, 1.165) is 0 Å². The van der Waals surface area contributed by atoms with Gasteiger partial charge in [0.05, 0.1) is 18.6 Å². The molecule has 0 aromatic heterocycles. The number of benzene rings is 1. The van der Waals surface area contributed by atoms with E-state index < -0.39 is 89.8 Å². The summed E-state index contributed by atoms with van der Waals surface area (Å²) in [6.45, 7) is 6.83. The zero-order valence-electron chi connectivity index (χ0n) is 28.2. The molecule has 15 heteroatoms. The summed E-state index contributed by atoms with van der Waals surface area (Å²) >= 11 is 4.60. The molecule has 0 radical (unpaired) electrons. The summed E-state index contributed by atoms with van der Waals surface area (Å²) in [5.74, 6) is -5.19. The first-order chi connectivity index (χ1) is 23.0. The van der Waals surface area contributed by atoms with Crippen LogP contribution in [0.2, 0.25) is 0 Å². The molecule has 11 nitrogen and oxygen atoms in total. The largest absolute Gasteiger partial charge is 0.444 e. The van der Waals surface area contributed by atoms with Crippen molar-refractivity contribution in [2.75, 3.05) is 13.2 Å². The van der Waals surface area contributed by atoms with Crippen LogP contribution in [0.25, 0.3) is 0 Å². The molecule has 3 aliphatic heterocycles. The summed E-state index contributed by atoms with van der Waals surface area (Å²) in [6.07, 6.45) is -0.484. The minimum Gasteiger partial charge on any atom is -0.444 e. The Bertz CT molecular complexity index is 1470. The third kappa shape index (κ3) is 8.65. The van der Waals surface area contributed by atoms with Crippen molar-refractivity contribution < 1.29 is 46.6 Å². The number of fused-ring (bicyclic) bond motifs is 3. The monoisotopic (exact) mass is 710 g/mol. The summed E-state index contributed by atoms with van der Waals surface area (Å²) in [6, 6.07) is 1.93. The van der Waals surface area contributed by atoms with E-state index >= 15 is 8.78 Å². The molecule has 1 aromatic carbocycles. The molecule has 1 saturated heterocycles. The molecule has 3 heterocycles. The van der Waals surface area contributed by atoms with Gasteiger partial charge in [0.1, 0.15) is 35.0 Å². The molecule has 1 unspecified atom stereocenters. The minimum atomic E-state index is -3.15. The minimum absolute atomic E-state index is 0.00555. The molecule has 4 amide bonds. The van der Waals surface area contributed by atoms with Crippen molar-refractivity contribution in [3.63, 3.8) is 0 Å². The molecule has 0 spiro atoms. The number of nitrogens with zero attached hydrogens (tertiary/aromatic N) is 2. The van der Waals surface area contributed by atoms with Crippen molar-refractivity contribution in [2.45, 2.75) is 120 Å². The van der Waals surface area contributed by atoms with Crippen LogP contribution >= 0.6 is 12.6 Å². The second-order valence-corrected chi connectivity index (χ2v) is 14.7. The number of rotatable bonds is 5. The highest BCUT2D eigenvalue weighted by Crippen LogP contribution is 2.50. The van der Waals surface area contributed by atoms with Crippen molar-refractivity contribution in [3.8, 4) is 0 Å². The number of carbonyl (C=O) groups is 4. The van der Waals surface area contributed by atoms with E-state index in [-0.39, 0.29) is 38.4 Å². The van der Waals surface area contributed by atoms with E-state index in [0.29, 0.717) is 24.2 Å². The first-order valence-electron chi connectivity index (χ1n) is 16.7. The first kappa shape index (κ1) is 36.8. The van der Waals surface area contributed by atoms with Gasteiger partial charge in [-0.25, -0.2) is 22.8 Å². The van der Waals surface area contributed by atoms with E-state index in [9.17, 15) is 23.6 Å². The third-order valence-corrected chi connectivity index (χ3v) is 9.92. The number of allylic oxidation sites excluding steroid dienone is 1. The van der Waals surface area contributed by atoms with E-state index in [1.54, 1.807) is 52.0 Å². The molecule has 2 N–H and O–H groups in total. The Balaban J connectivity index is 1.42. The van der Waals surface area contributed by atoms with Crippen molar-refractivity contribution in [2.24, 2.45) is 5.92 Å². The van der Waals surface area contributed by atoms with Gasteiger partial charge < -0.3 is 29.7 Å².